The fraction of sp³-hybridized carbons (Fsp3) is 0.809. The number of hydrogen-bond acceptors (Lipinski definition) is 30. The Labute approximate surface area is 464 Å². The highest BCUT2D eigenvalue weighted by atomic mass is 16.7. The van der Waals surface area contributed by atoms with Crippen LogP contribution in [0, 0.1) is 5.41 Å². The lowest BCUT2D eigenvalue weighted by molar-refractivity contribution is -0.301. The van der Waals surface area contributed by atoms with Gasteiger partial charge in [0.1, 0.15) is 90.3 Å². The number of carbonyl (C=O) groups excluding carboxylic acids is 1. The number of aliphatic hydroxyl groups is 12. The van der Waals surface area contributed by atoms with E-state index in [0.717, 1.165) is 0 Å². The van der Waals surface area contributed by atoms with Gasteiger partial charge in [-0.2, -0.15) is 0 Å². The van der Waals surface area contributed by atoms with Gasteiger partial charge >= 0.3 is 0 Å². The van der Waals surface area contributed by atoms with E-state index in [1.807, 2.05) is 0 Å². The first-order valence-corrected chi connectivity index (χ1v) is 26.3. The first-order valence-electron chi connectivity index (χ1n) is 26.3. The van der Waals surface area contributed by atoms with Crippen molar-refractivity contribution in [3.8, 4) is 0 Å². The van der Waals surface area contributed by atoms with Crippen LogP contribution in [0.1, 0.15) is 29.9 Å². The highest BCUT2D eigenvalue weighted by Gasteiger charge is 2.46. The molecule has 6 heterocycles. The van der Waals surface area contributed by atoms with Crippen LogP contribution in [0.25, 0.3) is 0 Å². The number of nitrogens with one attached hydrogen (secondary N) is 1. The van der Waals surface area contributed by atoms with Crippen LogP contribution in [0.4, 0.5) is 0 Å². The van der Waals surface area contributed by atoms with E-state index in [2.05, 4.69) is 42.8 Å². The molecule has 0 bridgehead atoms. The van der Waals surface area contributed by atoms with E-state index in [9.17, 15) is 66.1 Å². The van der Waals surface area contributed by atoms with Crippen molar-refractivity contribution in [1.29, 1.82) is 0 Å². The molecule has 3 fully saturated rings. The Morgan fingerprint density at radius 3 is 1.23 bits per heavy atom. The van der Waals surface area contributed by atoms with Gasteiger partial charge in [0.15, 0.2) is 18.9 Å². The van der Waals surface area contributed by atoms with E-state index in [4.69, 9.17) is 52.1 Å². The molecule has 3 aliphatic rings. The maximum absolute atomic E-state index is 12.0. The monoisotopic (exact) mass is 1170 g/mol. The molecule has 0 aliphatic carbocycles. The van der Waals surface area contributed by atoms with Crippen molar-refractivity contribution in [3.05, 3.63) is 48.3 Å². The number of carbonyl (C=O) groups is 1. The molecule has 0 radical (unpaired) electrons. The minimum atomic E-state index is -1.61. The van der Waals surface area contributed by atoms with Gasteiger partial charge in [0.25, 0.3) is 0 Å². The number of ether oxygens (including phenoxy) is 11. The molecule has 3 saturated heterocycles. The molecule has 3 aliphatic heterocycles. The fourth-order valence-electron chi connectivity index (χ4n) is 8.40. The molecular weight excluding hydrogens is 1090 g/mol. The van der Waals surface area contributed by atoms with Crippen molar-refractivity contribution in [2.45, 2.75) is 144 Å². The molecule has 0 saturated carbocycles. The Hall–Kier alpha value is -4.29. The lowest BCUT2D eigenvalue weighted by atomic mass is 9.92. The van der Waals surface area contributed by atoms with E-state index in [-0.39, 0.29) is 118 Å². The second-order valence-electron chi connectivity index (χ2n) is 19.4. The molecular formula is C47H78N10O24. The highest BCUT2D eigenvalue weighted by molar-refractivity contribution is 5.75. The zero-order valence-corrected chi connectivity index (χ0v) is 44.5. The van der Waals surface area contributed by atoms with Crippen molar-refractivity contribution in [2.75, 3.05) is 92.4 Å². The number of allylic oxidation sites excluding steroid dienone is 1. The van der Waals surface area contributed by atoms with E-state index >= 15 is 0 Å². The van der Waals surface area contributed by atoms with Gasteiger partial charge in [-0.05, 0) is 6.42 Å². The minimum Gasteiger partial charge on any atom is -0.394 e. The third kappa shape index (κ3) is 19.9. The maximum Gasteiger partial charge on any atom is 0.220 e. The van der Waals surface area contributed by atoms with Crippen LogP contribution in [-0.4, -0.2) is 297 Å². The average Bonchev–Trinajstić information content (AvgIpc) is 4.40. The van der Waals surface area contributed by atoms with Crippen molar-refractivity contribution in [2.24, 2.45) is 5.41 Å². The van der Waals surface area contributed by atoms with Gasteiger partial charge in [-0.15, -0.1) is 21.9 Å². The predicted molar refractivity (Wildman–Crippen MR) is 265 cm³/mol. The van der Waals surface area contributed by atoms with Crippen LogP contribution in [0.3, 0.4) is 0 Å². The SMILES string of the molecule is C=CCCC(=O)NCCOCCOCC(COCc1cn(CCO[C@H]2O[C@H](CO)[C@@H](O)[C@H](O)[C@@H]2O)nn1)(COCc1cn(CCO[C@H]2O[C@H](CO)[C@@H](O)[C@H](O)[C@@H]2O)nn1)COCc1cn(CCO[C@H]2O[C@H](CO)[C@@H](O)[C@H](O)[C@@H]2O)nn1. The highest BCUT2D eigenvalue weighted by Crippen LogP contribution is 2.26. The molecule has 0 spiro atoms. The normalized spacial score (nSPS) is 29.1. The van der Waals surface area contributed by atoms with E-state index in [1.165, 1.54) is 14.0 Å². The third-order valence-electron chi connectivity index (χ3n) is 13.0. The first-order chi connectivity index (χ1) is 39.1. The number of rotatable bonds is 38. The Bertz CT molecular complexity index is 2040. The molecule has 34 heteroatoms. The molecule has 81 heavy (non-hydrogen) atoms. The van der Waals surface area contributed by atoms with Gasteiger partial charge in [0.2, 0.25) is 5.91 Å². The van der Waals surface area contributed by atoms with Gasteiger partial charge in [0.05, 0.1) is 149 Å². The van der Waals surface area contributed by atoms with Gasteiger partial charge < -0.3 is 119 Å². The molecule has 0 aromatic carbocycles. The van der Waals surface area contributed by atoms with E-state index in [0.29, 0.717) is 29.9 Å². The summed E-state index contributed by atoms with van der Waals surface area (Å²) in [4.78, 5) is 12.0. The van der Waals surface area contributed by atoms with Gasteiger partial charge in [-0.25, -0.2) is 14.0 Å². The summed E-state index contributed by atoms with van der Waals surface area (Å²) in [6.45, 7) is 2.39. The zero-order chi connectivity index (χ0) is 58.3. The topological polar surface area (TPSA) is 466 Å². The summed E-state index contributed by atoms with van der Waals surface area (Å²) >= 11 is 0. The third-order valence-corrected chi connectivity index (χ3v) is 13.0. The fourth-order valence-corrected chi connectivity index (χ4v) is 8.40. The summed E-state index contributed by atoms with van der Waals surface area (Å²) in [6, 6.07) is 0. The first kappa shape index (κ1) is 65.9. The van der Waals surface area contributed by atoms with Crippen LogP contribution in [0.15, 0.2) is 31.2 Å². The van der Waals surface area contributed by atoms with Crippen molar-refractivity contribution < 1.29 is 118 Å². The zero-order valence-electron chi connectivity index (χ0n) is 44.5. The summed E-state index contributed by atoms with van der Waals surface area (Å²) in [5.74, 6) is -0.130. The van der Waals surface area contributed by atoms with Gasteiger partial charge in [-0.3, -0.25) is 4.79 Å². The van der Waals surface area contributed by atoms with Crippen molar-refractivity contribution in [3.63, 3.8) is 0 Å². The van der Waals surface area contributed by atoms with Gasteiger partial charge in [-0.1, -0.05) is 21.7 Å². The Morgan fingerprint density at radius 2 is 0.877 bits per heavy atom. The lowest BCUT2D eigenvalue weighted by Crippen LogP contribution is -2.59. The molecule has 6 rings (SSSR count). The lowest BCUT2D eigenvalue weighted by Gasteiger charge is -2.39. The van der Waals surface area contributed by atoms with Gasteiger partial charge in [0, 0.05) is 13.0 Å². The number of hydrogen-bond donors (Lipinski definition) is 13. The van der Waals surface area contributed by atoms with Crippen LogP contribution < -0.4 is 5.32 Å². The predicted octanol–water partition coefficient (Wildman–Crippen LogP) is -8.04. The largest absolute Gasteiger partial charge is 0.394 e. The van der Waals surface area contributed by atoms with Crippen molar-refractivity contribution in [1.82, 2.24) is 50.3 Å². The number of aromatic nitrogens is 9. The minimum absolute atomic E-state index is 0.0133. The number of nitrogens with zero attached hydrogens (tertiary/aromatic N) is 9. The molecule has 0 unspecified atom stereocenters. The summed E-state index contributed by atoms with van der Waals surface area (Å²) in [6.07, 6.45) is -14.3. The summed E-state index contributed by atoms with van der Waals surface area (Å²) in [7, 11) is 0. The molecule has 3 aromatic rings. The van der Waals surface area contributed by atoms with Crippen LogP contribution >= 0.6 is 0 Å². The summed E-state index contributed by atoms with van der Waals surface area (Å²) in [5.41, 5.74) is 0.148. The second-order valence-corrected chi connectivity index (χ2v) is 19.4. The maximum atomic E-state index is 12.0. The summed E-state index contributed by atoms with van der Waals surface area (Å²) in [5, 5.41) is 148. The quantitative estimate of drug-likeness (QED) is 0.0187. The molecule has 3 aromatic heterocycles. The Kier molecular flexibility index (Phi) is 27.5. The average molecular weight is 1170 g/mol. The van der Waals surface area contributed by atoms with Crippen molar-refractivity contribution >= 4 is 5.91 Å². The Balaban J connectivity index is 1.08. The van der Waals surface area contributed by atoms with E-state index < -0.39 is 117 Å². The molecule has 13 N–H and O–H groups in total. The summed E-state index contributed by atoms with van der Waals surface area (Å²) < 4.78 is 68.0. The Morgan fingerprint density at radius 1 is 0.519 bits per heavy atom. The van der Waals surface area contributed by atoms with Crippen LogP contribution in [-0.2, 0) is 96.4 Å². The molecule has 34 nitrogen and oxygen atoms in total. The molecule has 460 valence electrons. The van der Waals surface area contributed by atoms with Crippen LogP contribution in [0.5, 0.6) is 0 Å². The molecule has 1 amide bonds. The standard InChI is InChI=1S/C47H78N10O24/c1-2-3-4-34(61)48-5-9-71-13-14-72-24-47(25-73-21-28-15-55(52-49-28)6-10-76-44-41(68)38(65)35(62)31(18-58)79-44,26-74-22-29-16-56(53-50-29)7-11-77-45-42(69)39(66)36(63)32(19-59)80-45)27-75-23-30-17-57(54-51-30)8-12-78-46-43(70)40(67)37(64)33(20-60)81-46/h2,15-17,31-33,35-46,58-60,62-70H,1,3-14,18-27H2,(H,48,61)/t31-,32-,33-,35-,36-,37-,38+,39+,40+,41+,42+,43+,44+,45+,46+/m1/s1. The second kappa shape index (κ2) is 33.9. The van der Waals surface area contributed by atoms with Crippen LogP contribution in [0.2, 0.25) is 0 Å². The number of amides is 1. The smallest absolute Gasteiger partial charge is 0.220 e. The molecule has 15 atom stereocenters. The number of aliphatic hydroxyl groups excluding tert-OH is 12. The van der Waals surface area contributed by atoms with E-state index in [1.54, 1.807) is 24.7 Å².